The predicted molar refractivity (Wildman–Crippen MR) is 105 cm³/mol. The molecule has 0 heterocycles. The molecule has 2 aromatic rings. The largest absolute Gasteiger partial charge is 0.444 e. The van der Waals surface area contributed by atoms with Gasteiger partial charge in [-0.2, -0.15) is 0 Å². The highest BCUT2D eigenvalue weighted by Gasteiger charge is 2.36. The smallest absolute Gasteiger partial charge is 0.408 e. The van der Waals surface area contributed by atoms with E-state index in [4.69, 9.17) is 27.9 Å². The zero-order valence-corrected chi connectivity index (χ0v) is 16.6. The Hall–Kier alpha value is -2.31. The third-order valence-corrected chi connectivity index (χ3v) is 4.16. The Balaban J connectivity index is 2.44. The SMILES string of the molecule is CC(C)(C)OC(=O)N[C@H](c1ccc(Cl)cc1)C(c1ccc(Cl)cc1)[N+](=O)[O-]. The zero-order chi connectivity index (χ0) is 20.2. The summed E-state index contributed by atoms with van der Waals surface area (Å²) < 4.78 is 5.28. The standard InChI is InChI=1S/C19H20Cl2N2O4/c1-19(2,3)27-18(24)22-16(12-4-8-14(20)9-5-12)17(23(25)26)13-6-10-15(21)11-7-13/h4-11,16-17H,1-3H3,(H,22,24)/t16-,17?/m1/s1. The van der Waals surface area contributed by atoms with E-state index in [9.17, 15) is 14.9 Å². The maximum absolute atomic E-state index is 12.3. The first-order valence-electron chi connectivity index (χ1n) is 8.21. The fourth-order valence-electron chi connectivity index (χ4n) is 2.55. The van der Waals surface area contributed by atoms with Crippen LogP contribution in [-0.2, 0) is 4.74 Å². The number of carbonyl (C=O) groups excluding carboxylic acids is 1. The number of carbonyl (C=O) groups is 1. The number of ether oxygens (including phenoxy) is 1. The summed E-state index contributed by atoms with van der Waals surface area (Å²) in [4.78, 5) is 23.8. The lowest BCUT2D eigenvalue weighted by molar-refractivity contribution is -0.534. The number of benzene rings is 2. The summed E-state index contributed by atoms with van der Waals surface area (Å²) in [5.41, 5.74) is 0.196. The Bertz CT molecular complexity index is 802. The van der Waals surface area contributed by atoms with Crippen molar-refractivity contribution in [3.05, 3.63) is 79.8 Å². The van der Waals surface area contributed by atoms with E-state index < -0.39 is 28.7 Å². The maximum Gasteiger partial charge on any atom is 0.408 e. The average Bonchev–Trinajstić information content (AvgIpc) is 2.55. The van der Waals surface area contributed by atoms with Gasteiger partial charge >= 0.3 is 6.09 Å². The first-order chi connectivity index (χ1) is 12.6. The molecular formula is C19H20Cl2N2O4. The Kier molecular flexibility index (Phi) is 6.68. The molecule has 0 aliphatic rings. The van der Waals surface area contributed by atoms with Crippen molar-refractivity contribution >= 4 is 29.3 Å². The molecule has 0 saturated heterocycles. The molecule has 2 aromatic carbocycles. The molecule has 0 aliphatic carbocycles. The summed E-state index contributed by atoms with van der Waals surface area (Å²) in [5.74, 6) is 0. The molecule has 0 aromatic heterocycles. The monoisotopic (exact) mass is 410 g/mol. The zero-order valence-electron chi connectivity index (χ0n) is 15.1. The molecule has 0 aliphatic heterocycles. The third kappa shape index (κ3) is 6.12. The fourth-order valence-corrected chi connectivity index (χ4v) is 2.80. The van der Waals surface area contributed by atoms with Crippen LogP contribution in [0.25, 0.3) is 0 Å². The molecule has 144 valence electrons. The molecule has 0 spiro atoms. The lowest BCUT2D eigenvalue weighted by atomic mass is 9.94. The Labute approximate surface area is 167 Å². The van der Waals surface area contributed by atoms with Crippen LogP contribution < -0.4 is 5.32 Å². The normalized spacial score (nSPS) is 13.5. The van der Waals surface area contributed by atoms with Crippen molar-refractivity contribution in [3.8, 4) is 0 Å². The number of rotatable bonds is 5. The topological polar surface area (TPSA) is 81.5 Å². The summed E-state index contributed by atoms with van der Waals surface area (Å²) in [7, 11) is 0. The summed E-state index contributed by atoms with van der Waals surface area (Å²) >= 11 is 11.8. The highest BCUT2D eigenvalue weighted by Crippen LogP contribution is 2.33. The molecule has 1 N–H and O–H groups in total. The van der Waals surface area contributed by atoms with E-state index in [0.717, 1.165) is 0 Å². The highest BCUT2D eigenvalue weighted by molar-refractivity contribution is 6.30. The highest BCUT2D eigenvalue weighted by atomic mass is 35.5. The van der Waals surface area contributed by atoms with Crippen molar-refractivity contribution in [2.75, 3.05) is 0 Å². The first-order valence-corrected chi connectivity index (χ1v) is 8.96. The Morgan fingerprint density at radius 3 is 1.85 bits per heavy atom. The third-order valence-electron chi connectivity index (χ3n) is 3.66. The van der Waals surface area contributed by atoms with E-state index in [-0.39, 0.29) is 0 Å². The predicted octanol–water partition coefficient (Wildman–Crippen LogP) is 5.58. The summed E-state index contributed by atoms with van der Waals surface area (Å²) in [6.07, 6.45) is -0.747. The van der Waals surface area contributed by atoms with Crippen LogP contribution >= 0.6 is 23.2 Å². The first kappa shape index (κ1) is 21.0. The quantitative estimate of drug-likeness (QED) is 0.515. The molecule has 8 heteroatoms. The van der Waals surface area contributed by atoms with E-state index >= 15 is 0 Å². The molecule has 0 radical (unpaired) electrons. The number of hydrogen-bond acceptors (Lipinski definition) is 4. The minimum atomic E-state index is -1.24. The van der Waals surface area contributed by atoms with Crippen LogP contribution in [0.3, 0.4) is 0 Å². The molecule has 0 saturated carbocycles. The van der Waals surface area contributed by atoms with Gasteiger partial charge in [0.1, 0.15) is 11.6 Å². The van der Waals surface area contributed by atoms with Crippen molar-refractivity contribution < 1.29 is 14.5 Å². The van der Waals surface area contributed by atoms with E-state index in [1.54, 1.807) is 69.3 Å². The second-order valence-electron chi connectivity index (χ2n) is 6.96. The van der Waals surface area contributed by atoms with E-state index in [0.29, 0.717) is 21.2 Å². The molecule has 2 rings (SSSR count). The molecular weight excluding hydrogens is 391 g/mol. The number of halogens is 2. The van der Waals surface area contributed by atoms with Gasteiger partial charge in [0.25, 0.3) is 6.04 Å². The van der Waals surface area contributed by atoms with Gasteiger partial charge in [-0.3, -0.25) is 10.1 Å². The van der Waals surface area contributed by atoms with Gasteiger partial charge in [-0.25, -0.2) is 4.79 Å². The number of alkyl carbamates (subject to hydrolysis) is 1. The van der Waals surface area contributed by atoms with Crippen LogP contribution in [-0.4, -0.2) is 16.6 Å². The number of nitrogens with one attached hydrogen (secondary N) is 1. The second-order valence-corrected chi connectivity index (χ2v) is 7.83. The van der Waals surface area contributed by atoms with E-state index in [2.05, 4.69) is 5.32 Å². The number of nitro groups is 1. The van der Waals surface area contributed by atoms with Crippen molar-refractivity contribution in [1.82, 2.24) is 5.32 Å². The molecule has 2 atom stereocenters. The van der Waals surface area contributed by atoms with Crippen molar-refractivity contribution in [2.24, 2.45) is 0 Å². The van der Waals surface area contributed by atoms with Gasteiger partial charge in [0.15, 0.2) is 0 Å². The summed E-state index contributed by atoms with van der Waals surface area (Å²) in [6, 6.07) is 10.6. The van der Waals surface area contributed by atoms with Crippen LogP contribution in [0, 0.1) is 10.1 Å². The van der Waals surface area contributed by atoms with Crippen LogP contribution in [0.15, 0.2) is 48.5 Å². The van der Waals surface area contributed by atoms with E-state index in [1.807, 2.05) is 0 Å². The van der Waals surface area contributed by atoms with E-state index in [1.165, 1.54) is 0 Å². The Morgan fingerprint density at radius 1 is 1.00 bits per heavy atom. The van der Waals surface area contributed by atoms with Crippen molar-refractivity contribution in [1.29, 1.82) is 0 Å². The molecule has 0 bridgehead atoms. The summed E-state index contributed by atoms with van der Waals surface area (Å²) in [6.45, 7) is 5.15. The van der Waals surface area contributed by atoms with Gasteiger partial charge in [-0.05, 0) is 50.6 Å². The number of amides is 1. The lowest BCUT2D eigenvalue weighted by Gasteiger charge is -2.26. The van der Waals surface area contributed by atoms with Gasteiger partial charge < -0.3 is 10.1 Å². The Morgan fingerprint density at radius 2 is 1.44 bits per heavy atom. The minimum absolute atomic E-state index is 0.403. The summed E-state index contributed by atoms with van der Waals surface area (Å²) in [5, 5.41) is 15.5. The molecule has 6 nitrogen and oxygen atoms in total. The molecule has 1 unspecified atom stereocenters. The minimum Gasteiger partial charge on any atom is -0.444 e. The second kappa shape index (κ2) is 8.59. The average molecular weight is 411 g/mol. The van der Waals surface area contributed by atoms with Gasteiger partial charge in [0.2, 0.25) is 0 Å². The van der Waals surface area contributed by atoms with Crippen LogP contribution in [0.5, 0.6) is 0 Å². The fraction of sp³-hybridized carbons (Fsp3) is 0.316. The van der Waals surface area contributed by atoms with Gasteiger partial charge in [0, 0.05) is 20.5 Å². The van der Waals surface area contributed by atoms with Gasteiger partial charge in [-0.15, -0.1) is 0 Å². The maximum atomic E-state index is 12.3. The van der Waals surface area contributed by atoms with Crippen molar-refractivity contribution in [3.63, 3.8) is 0 Å². The number of nitrogens with zero attached hydrogens (tertiary/aromatic N) is 1. The van der Waals surface area contributed by atoms with Gasteiger partial charge in [0.05, 0.1) is 0 Å². The molecule has 1 amide bonds. The molecule has 27 heavy (non-hydrogen) atoms. The van der Waals surface area contributed by atoms with Crippen LogP contribution in [0.4, 0.5) is 4.79 Å². The molecule has 0 fully saturated rings. The van der Waals surface area contributed by atoms with Crippen LogP contribution in [0.2, 0.25) is 10.0 Å². The lowest BCUT2D eigenvalue weighted by Crippen LogP contribution is -2.39. The van der Waals surface area contributed by atoms with Crippen molar-refractivity contribution in [2.45, 2.75) is 38.5 Å². The van der Waals surface area contributed by atoms with Gasteiger partial charge in [-0.1, -0.05) is 47.5 Å². The number of hydrogen-bond donors (Lipinski definition) is 1. The van der Waals surface area contributed by atoms with Crippen LogP contribution in [0.1, 0.15) is 44.0 Å².